The van der Waals surface area contributed by atoms with Crippen LogP contribution < -0.4 is 4.74 Å². The molecule has 0 aliphatic rings. The monoisotopic (exact) mass is 324 g/mol. The maximum absolute atomic E-state index is 11.3. The highest BCUT2D eigenvalue weighted by Gasteiger charge is 2.20. The Bertz CT molecular complexity index is 638. The predicted molar refractivity (Wildman–Crippen MR) is 83.4 cm³/mol. The second kappa shape index (κ2) is 6.83. The van der Waals surface area contributed by atoms with Crippen LogP contribution in [0.1, 0.15) is 11.1 Å². The van der Waals surface area contributed by atoms with E-state index in [-0.39, 0.29) is 6.42 Å². The maximum atomic E-state index is 11.3. The van der Waals surface area contributed by atoms with Crippen molar-refractivity contribution in [1.29, 1.82) is 0 Å². The molecule has 5 heteroatoms. The van der Waals surface area contributed by atoms with Gasteiger partial charge in [0.05, 0.1) is 0 Å². The van der Waals surface area contributed by atoms with Gasteiger partial charge in [-0.1, -0.05) is 35.3 Å². The summed E-state index contributed by atoms with van der Waals surface area (Å²) in [7, 11) is 0. The average Bonchev–Trinajstić information content (AvgIpc) is 2.44. The van der Waals surface area contributed by atoms with Gasteiger partial charge < -0.3 is 9.84 Å². The zero-order chi connectivity index (χ0) is 15.4. The van der Waals surface area contributed by atoms with E-state index in [1.165, 1.54) is 0 Å². The van der Waals surface area contributed by atoms with Crippen molar-refractivity contribution in [3.05, 3.63) is 63.6 Å². The minimum atomic E-state index is -1.02. The second-order valence-electron chi connectivity index (χ2n) is 4.69. The first-order chi connectivity index (χ1) is 9.95. The summed E-state index contributed by atoms with van der Waals surface area (Å²) in [5, 5.41) is 10.5. The van der Waals surface area contributed by atoms with E-state index in [1.807, 2.05) is 6.92 Å². The molecular weight excluding hydrogens is 311 g/mol. The molecule has 2 aromatic rings. The Balaban J connectivity index is 2.13. The molecule has 0 radical (unpaired) electrons. The molecule has 0 amide bonds. The molecule has 21 heavy (non-hydrogen) atoms. The van der Waals surface area contributed by atoms with Crippen molar-refractivity contribution in [3.8, 4) is 5.75 Å². The Morgan fingerprint density at radius 2 is 1.86 bits per heavy atom. The van der Waals surface area contributed by atoms with Crippen molar-refractivity contribution < 1.29 is 14.6 Å². The van der Waals surface area contributed by atoms with Crippen LogP contribution in [0.2, 0.25) is 10.0 Å². The number of carbonyl (C=O) groups is 1. The summed E-state index contributed by atoms with van der Waals surface area (Å²) < 4.78 is 5.55. The van der Waals surface area contributed by atoms with Gasteiger partial charge in [0.25, 0.3) is 0 Å². The third-order valence-electron chi connectivity index (χ3n) is 3.02. The van der Waals surface area contributed by atoms with Gasteiger partial charge in [0.2, 0.25) is 0 Å². The number of hydrogen-bond acceptors (Lipinski definition) is 2. The highest BCUT2D eigenvalue weighted by molar-refractivity contribution is 6.31. The summed E-state index contributed by atoms with van der Waals surface area (Å²) in [5.41, 5.74) is 1.68. The number of carboxylic acids is 1. The SMILES string of the molecule is Cc1cc(O[C@H](Cc2ccc(Cl)cc2)C(=O)O)ccc1Cl. The third-order valence-corrected chi connectivity index (χ3v) is 3.69. The van der Waals surface area contributed by atoms with Crippen LogP contribution in [0.3, 0.4) is 0 Å². The molecule has 0 spiro atoms. The lowest BCUT2D eigenvalue weighted by Crippen LogP contribution is -2.29. The summed E-state index contributed by atoms with van der Waals surface area (Å²) in [6.07, 6.45) is -0.708. The van der Waals surface area contributed by atoms with Gasteiger partial charge in [0.15, 0.2) is 6.10 Å². The quantitative estimate of drug-likeness (QED) is 0.887. The Labute approximate surface area is 133 Å². The van der Waals surface area contributed by atoms with E-state index in [0.717, 1.165) is 11.1 Å². The Morgan fingerprint density at radius 3 is 2.43 bits per heavy atom. The van der Waals surface area contributed by atoms with E-state index < -0.39 is 12.1 Å². The molecule has 0 heterocycles. The molecule has 0 saturated heterocycles. The lowest BCUT2D eigenvalue weighted by Gasteiger charge is -2.16. The summed E-state index contributed by atoms with van der Waals surface area (Å²) >= 11 is 11.8. The average molecular weight is 325 g/mol. The van der Waals surface area contributed by atoms with Crippen LogP contribution >= 0.6 is 23.2 Å². The molecule has 0 unspecified atom stereocenters. The zero-order valence-electron chi connectivity index (χ0n) is 11.3. The Morgan fingerprint density at radius 1 is 1.19 bits per heavy atom. The number of hydrogen-bond donors (Lipinski definition) is 1. The molecule has 0 aromatic heterocycles. The first-order valence-electron chi connectivity index (χ1n) is 6.36. The van der Waals surface area contributed by atoms with Gasteiger partial charge in [-0.2, -0.15) is 0 Å². The number of carboxylic acid groups (broad SMARTS) is 1. The van der Waals surface area contributed by atoms with Crippen LogP contribution in [0.4, 0.5) is 0 Å². The summed E-state index contributed by atoms with van der Waals surface area (Å²) in [5.74, 6) is -0.532. The van der Waals surface area contributed by atoms with E-state index >= 15 is 0 Å². The van der Waals surface area contributed by atoms with E-state index in [0.29, 0.717) is 15.8 Å². The minimum Gasteiger partial charge on any atom is -0.478 e. The van der Waals surface area contributed by atoms with Crippen molar-refractivity contribution in [1.82, 2.24) is 0 Å². The van der Waals surface area contributed by atoms with Crippen LogP contribution in [0.5, 0.6) is 5.75 Å². The smallest absolute Gasteiger partial charge is 0.345 e. The normalized spacial score (nSPS) is 12.0. The number of benzene rings is 2. The number of ether oxygens (including phenoxy) is 1. The Kier molecular flexibility index (Phi) is 5.10. The van der Waals surface area contributed by atoms with E-state index in [1.54, 1.807) is 42.5 Å². The molecule has 1 N–H and O–H groups in total. The first-order valence-corrected chi connectivity index (χ1v) is 7.11. The van der Waals surface area contributed by atoms with E-state index in [4.69, 9.17) is 27.9 Å². The van der Waals surface area contributed by atoms with Crippen molar-refractivity contribution in [3.63, 3.8) is 0 Å². The molecule has 0 bridgehead atoms. The number of aliphatic carboxylic acids is 1. The van der Waals surface area contributed by atoms with Crippen molar-refractivity contribution >= 4 is 29.2 Å². The molecule has 1 atom stereocenters. The van der Waals surface area contributed by atoms with Crippen LogP contribution in [0, 0.1) is 6.92 Å². The van der Waals surface area contributed by atoms with Crippen molar-refractivity contribution in [2.45, 2.75) is 19.4 Å². The second-order valence-corrected chi connectivity index (χ2v) is 5.53. The lowest BCUT2D eigenvalue weighted by atomic mass is 10.1. The van der Waals surface area contributed by atoms with Crippen LogP contribution in [-0.2, 0) is 11.2 Å². The lowest BCUT2D eigenvalue weighted by molar-refractivity contribution is -0.145. The van der Waals surface area contributed by atoms with Crippen molar-refractivity contribution in [2.75, 3.05) is 0 Å². The molecule has 0 aliphatic heterocycles. The van der Waals surface area contributed by atoms with Gasteiger partial charge in [-0.25, -0.2) is 4.79 Å². The fourth-order valence-corrected chi connectivity index (χ4v) is 2.11. The number of rotatable bonds is 5. The molecule has 0 fully saturated rings. The molecule has 0 saturated carbocycles. The fourth-order valence-electron chi connectivity index (χ4n) is 1.87. The van der Waals surface area contributed by atoms with E-state index in [2.05, 4.69) is 0 Å². The molecule has 3 nitrogen and oxygen atoms in total. The molecule has 2 rings (SSSR count). The zero-order valence-corrected chi connectivity index (χ0v) is 12.9. The van der Waals surface area contributed by atoms with Crippen molar-refractivity contribution in [2.24, 2.45) is 0 Å². The van der Waals surface area contributed by atoms with Gasteiger partial charge in [-0.3, -0.25) is 0 Å². The van der Waals surface area contributed by atoms with Crippen LogP contribution in [-0.4, -0.2) is 17.2 Å². The van der Waals surface area contributed by atoms with Gasteiger partial charge in [-0.15, -0.1) is 0 Å². The molecule has 110 valence electrons. The predicted octanol–water partition coefficient (Wildman–Crippen LogP) is 4.38. The minimum absolute atomic E-state index is 0.258. The van der Waals surface area contributed by atoms with E-state index in [9.17, 15) is 9.90 Å². The summed E-state index contributed by atoms with van der Waals surface area (Å²) in [6, 6.07) is 12.1. The summed E-state index contributed by atoms with van der Waals surface area (Å²) in [4.78, 5) is 11.3. The largest absolute Gasteiger partial charge is 0.478 e. The molecule has 2 aromatic carbocycles. The van der Waals surface area contributed by atoms with Gasteiger partial charge in [0, 0.05) is 16.5 Å². The molecular formula is C16H14Cl2O3. The first kappa shape index (κ1) is 15.7. The fraction of sp³-hybridized carbons (Fsp3) is 0.188. The highest BCUT2D eigenvalue weighted by atomic mass is 35.5. The highest BCUT2D eigenvalue weighted by Crippen LogP contribution is 2.23. The van der Waals surface area contributed by atoms with Gasteiger partial charge in [-0.05, 0) is 48.4 Å². The van der Waals surface area contributed by atoms with Gasteiger partial charge >= 0.3 is 5.97 Å². The summed E-state index contributed by atoms with van der Waals surface area (Å²) in [6.45, 7) is 1.84. The van der Waals surface area contributed by atoms with Gasteiger partial charge in [0.1, 0.15) is 5.75 Å². The molecule has 0 aliphatic carbocycles. The third kappa shape index (κ3) is 4.38. The standard InChI is InChI=1S/C16H14Cl2O3/c1-10-8-13(6-7-14(10)18)21-15(16(19)20)9-11-2-4-12(17)5-3-11/h2-8,15H,9H2,1H3,(H,19,20)/t15-/m1/s1. The number of halogens is 2. The Hall–Kier alpha value is -1.71. The van der Waals surface area contributed by atoms with Crippen LogP contribution in [0.15, 0.2) is 42.5 Å². The number of aryl methyl sites for hydroxylation is 1. The topological polar surface area (TPSA) is 46.5 Å². The van der Waals surface area contributed by atoms with Crippen LogP contribution in [0.25, 0.3) is 0 Å². The maximum Gasteiger partial charge on any atom is 0.345 e.